The summed E-state index contributed by atoms with van der Waals surface area (Å²) in [5.41, 5.74) is 4.41. The third-order valence-electron chi connectivity index (χ3n) is 4.64. The van der Waals surface area contributed by atoms with E-state index in [1.165, 1.54) is 11.1 Å². The molecule has 2 heterocycles. The fraction of sp³-hybridized carbons (Fsp3) is 0.450. The first-order chi connectivity index (χ1) is 12.6. The minimum atomic E-state index is -0.297. The standard InChI is InChI=1S/C20H26N4OS/c1-14-12-15(2)22-20(21-14)23-18(9-11-26-3)19(25)24-10-8-16-6-4-5-7-17(16)13-24/h4-7,12,18H,8-11,13H2,1-3H3,(H,21,22,23)/t18-/m1/s1. The molecule has 3 rings (SSSR count). The van der Waals surface area contributed by atoms with Crippen LogP contribution in [0.4, 0.5) is 5.95 Å². The number of anilines is 1. The summed E-state index contributed by atoms with van der Waals surface area (Å²) >= 11 is 1.75. The molecule has 6 heteroatoms. The van der Waals surface area contributed by atoms with Crippen LogP contribution in [0.3, 0.4) is 0 Å². The van der Waals surface area contributed by atoms with Gasteiger partial charge in [0.05, 0.1) is 0 Å². The van der Waals surface area contributed by atoms with Gasteiger partial charge in [0.15, 0.2) is 0 Å². The van der Waals surface area contributed by atoms with Crippen molar-refractivity contribution in [3.05, 3.63) is 52.8 Å². The number of nitrogens with one attached hydrogen (secondary N) is 1. The Morgan fingerprint density at radius 1 is 1.23 bits per heavy atom. The molecule has 2 aromatic rings. The molecule has 0 fully saturated rings. The van der Waals surface area contributed by atoms with Crippen molar-refractivity contribution in [2.24, 2.45) is 0 Å². The first-order valence-corrected chi connectivity index (χ1v) is 10.4. The van der Waals surface area contributed by atoms with Crippen LogP contribution in [0.15, 0.2) is 30.3 Å². The molecule has 1 atom stereocenters. The number of benzene rings is 1. The van der Waals surface area contributed by atoms with E-state index in [1.54, 1.807) is 11.8 Å². The van der Waals surface area contributed by atoms with Crippen molar-refractivity contribution in [3.8, 4) is 0 Å². The number of carbonyl (C=O) groups is 1. The maximum absolute atomic E-state index is 13.2. The SMILES string of the molecule is CSCC[C@@H](Nc1nc(C)cc(C)n1)C(=O)N1CCc2ccccc2C1. The molecular weight excluding hydrogens is 344 g/mol. The lowest BCUT2D eigenvalue weighted by atomic mass is 9.99. The Morgan fingerprint density at radius 2 is 1.92 bits per heavy atom. The van der Waals surface area contributed by atoms with Crippen LogP contribution in [0.5, 0.6) is 0 Å². The first-order valence-electron chi connectivity index (χ1n) is 9.00. The number of amides is 1. The zero-order valence-electron chi connectivity index (χ0n) is 15.7. The summed E-state index contributed by atoms with van der Waals surface area (Å²) in [7, 11) is 0. The molecule has 5 nitrogen and oxygen atoms in total. The van der Waals surface area contributed by atoms with E-state index < -0.39 is 0 Å². The molecule has 1 aliphatic rings. The number of thioether (sulfide) groups is 1. The molecule has 0 spiro atoms. The highest BCUT2D eigenvalue weighted by Gasteiger charge is 2.27. The van der Waals surface area contributed by atoms with Gasteiger partial charge in [-0.15, -0.1) is 0 Å². The second-order valence-corrected chi connectivity index (χ2v) is 7.72. The van der Waals surface area contributed by atoms with Gasteiger partial charge in [0.25, 0.3) is 0 Å². The summed E-state index contributed by atoms with van der Waals surface area (Å²) in [6.07, 6.45) is 3.73. The molecule has 0 aliphatic carbocycles. The number of aromatic nitrogens is 2. The van der Waals surface area contributed by atoms with Gasteiger partial charge in [0.1, 0.15) is 6.04 Å². The topological polar surface area (TPSA) is 58.1 Å². The zero-order valence-corrected chi connectivity index (χ0v) is 16.5. The predicted octanol–water partition coefficient (Wildman–Crippen LogP) is 3.21. The van der Waals surface area contributed by atoms with Crippen LogP contribution in [0.2, 0.25) is 0 Å². The van der Waals surface area contributed by atoms with Crippen molar-refractivity contribution in [1.82, 2.24) is 14.9 Å². The minimum Gasteiger partial charge on any atom is -0.342 e. The monoisotopic (exact) mass is 370 g/mol. The van der Waals surface area contributed by atoms with Gasteiger partial charge in [0.2, 0.25) is 11.9 Å². The highest BCUT2D eigenvalue weighted by atomic mass is 32.2. The Labute approximate surface area is 159 Å². The number of nitrogens with zero attached hydrogens (tertiary/aromatic N) is 3. The van der Waals surface area contributed by atoms with Gasteiger partial charge in [-0.2, -0.15) is 11.8 Å². The third-order valence-corrected chi connectivity index (χ3v) is 5.28. The van der Waals surface area contributed by atoms with Crippen LogP contribution in [0.25, 0.3) is 0 Å². The Bertz CT molecular complexity index is 760. The van der Waals surface area contributed by atoms with Crippen LogP contribution in [0, 0.1) is 13.8 Å². The third kappa shape index (κ3) is 4.55. The molecule has 0 saturated heterocycles. The highest BCUT2D eigenvalue weighted by molar-refractivity contribution is 7.98. The van der Waals surface area contributed by atoms with Crippen LogP contribution < -0.4 is 5.32 Å². The average Bonchev–Trinajstić information content (AvgIpc) is 2.63. The molecular formula is C20H26N4OS. The number of hydrogen-bond donors (Lipinski definition) is 1. The average molecular weight is 371 g/mol. The lowest BCUT2D eigenvalue weighted by Crippen LogP contribution is -2.45. The van der Waals surface area contributed by atoms with Crippen molar-refractivity contribution in [1.29, 1.82) is 0 Å². The van der Waals surface area contributed by atoms with Crippen molar-refractivity contribution >= 4 is 23.6 Å². The van der Waals surface area contributed by atoms with Crippen LogP contribution in [-0.2, 0) is 17.8 Å². The number of aryl methyl sites for hydroxylation is 2. The van der Waals surface area contributed by atoms with E-state index in [0.717, 1.165) is 36.5 Å². The second kappa shape index (κ2) is 8.54. The summed E-state index contributed by atoms with van der Waals surface area (Å²) in [6.45, 7) is 5.33. The summed E-state index contributed by atoms with van der Waals surface area (Å²) in [5, 5.41) is 3.29. The largest absolute Gasteiger partial charge is 0.342 e. The van der Waals surface area contributed by atoms with E-state index in [9.17, 15) is 4.79 Å². The summed E-state index contributed by atoms with van der Waals surface area (Å²) in [6, 6.07) is 10.0. The zero-order chi connectivity index (χ0) is 18.5. The molecule has 1 aromatic heterocycles. The second-order valence-electron chi connectivity index (χ2n) is 6.73. The molecule has 0 unspecified atom stereocenters. The van der Waals surface area contributed by atoms with E-state index in [2.05, 4.69) is 39.7 Å². The smallest absolute Gasteiger partial charge is 0.245 e. The van der Waals surface area contributed by atoms with Gasteiger partial charge in [-0.25, -0.2) is 9.97 Å². The number of carbonyl (C=O) groups excluding carboxylic acids is 1. The first kappa shape index (κ1) is 18.7. The molecule has 26 heavy (non-hydrogen) atoms. The lowest BCUT2D eigenvalue weighted by molar-refractivity contribution is -0.133. The number of rotatable bonds is 6. The van der Waals surface area contributed by atoms with E-state index in [1.807, 2.05) is 30.9 Å². The highest BCUT2D eigenvalue weighted by Crippen LogP contribution is 2.20. The van der Waals surface area contributed by atoms with Crippen LogP contribution >= 0.6 is 11.8 Å². The van der Waals surface area contributed by atoms with Crippen LogP contribution in [0.1, 0.15) is 28.9 Å². The van der Waals surface area contributed by atoms with Gasteiger partial charge in [-0.3, -0.25) is 4.79 Å². The molecule has 0 saturated carbocycles. The maximum Gasteiger partial charge on any atom is 0.245 e. The fourth-order valence-electron chi connectivity index (χ4n) is 3.34. The van der Waals surface area contributed by atoms with Gasteiger partial charge in [-0.05, 0) is 55.9 Å². The van der Waals surface area contributed by atoms with Crippen molar-refractivity contribution < 1.29 is 4.79 Å². The molecule has 1 amide bonds. The van der Waals surface area contributed by atoms with Gasteiger partial charge >= 0.3 is 0 Å². The Morgan fingerprint density at radius 3 is 2.62 bits per heavy atom. The lowest BCUT2D eigenvalue weighted by Gasteiger charge is -2.32. The summed E-state index contributed by atoms with van der Waals surface area (Å²) < 4.78 is 0. The quantitative estimate of drug-likeness (QED) is 0.846. The summed E-state index contributed by atoms with van der Waals surface area (Å²) in [4.78, 5) is 24.0. The minimum absolute atomic E-state index is 0.135. The molecule has 1 aromatic carbocycles. The summed E-state index contributed by atoms with van der Waals surface area (Å²) in [5.74, 6) is 1.59. The van der Waals surface area contributed by atoms with Gasteiger partial charge in [0, 0.05) is 24.5 Å². The van der Waals surface area contributed by atoms with Gasteiger partial charge in [-0.1, -0.05) is 24.3 Å². The molecule has 1 aliphatic heterocycles. The van der Waals surface area contributed by atoms with Crippen molar-refractivity contribution in [2.75, 3.05) is 23.9 Å². The van der Waals surface area contributed by atoms with Gasteiger partial charge < -0.3 is 10.2 Å². The van der Waals surface area contributed by atoms with E-state index in [0.29, 0.717) is 12.5 Å². The van der Waals surface area contributed by atoms with Crippen molar-refractivity contribution in [2.45, 2.75) is 39.3 Å². The maximum atomic E-state index is 13.2. The number of fused-ring (bicyclic) bond motifs is 1. The van der Waals surface area contributed by atoms with E-state index in [-0.39, 0.29) is 11.9 Å². The molecule has 0 bridgehead atoms. The Hall–Kier alpha value is -2.08. The molecule has 138 valence electrons. The normalized spacial score (nSPS) is 14.7. The van der Waals surface area contributed by atoms with Crippen molar-refractivity contribution in [3.63, 3.8) is 0 Å². The van der Waals surface area contributed by atoms with Crippen LogP contribution in [-0.4, -0.2) is 45.4 Å². The van der Waals surface area contributed by atoms with E-state index in [4.69, 9.17) is 0 Å². The van der Waals surface area contributed by atoms with E-state index >= 15 is 0 Å². The molecule has 0 radical (unpaired) electrons. The Balaban J connectivity index is 1.75. The Kier molecular flexibility index (Phi) is 6.14. The number of hydrogen-bond acceptors (Lipinski definition) is 5. The molecule has 1 N–H and O–H groups in total. The predicted molar refractivity (Wildman–Crippen MR) is 107 cm³/mol. The fourth-order valence-corrected chi connectivity index (χ4v) is 3.82.